The molecule has 5 aromatic carbocycles. The first kappa shape index (κ1) is 30.1. The minimum atomic E-state index is 0.00642. The van der Waals surface area contributed by atoms with Crippen LogP contribution in [-0.2, 0) is 0 Å². The molecule has 0 aromatic heterocycles. The number of phenols is 1. The van der Waals surface area contributed by atoms with Crippen LogP contribution in [0, 0.1) is 6.92 Å². The monoisotopic (exact) mass is 620 g/mol. The highest BCUT2D eigenvalue weighted by Crippen LogP contribution is 2.54. The second kappa shape index (κ2) is 13.1. The zero-order valence-electron chi connectivity index (χ0n) is 27.8. The molecule has 240 valence electrons. The number of fused-ring (bicyclic) bond motifs is 1. The van der Waals surface area contributed by atoms with E-state index in [-0.39, 0.29) is 12.1 Å². The van der Waals surface area contributed by atoms with E-state index in [1.54, 1.807) is 11.1 Å². The smallest absolute Gasteiger partial charge is 0.139 e. The minimum absolute atomic E-state index is 0.00642. The number of aromatic hydroxyl groups is 1. The number of phenolic OH excluding ortho intramolecular Hbond substituents is 1. The molecular weight excluding hydrogens is 572 g/mol. The third-order valence-electron chi connectivity index (χ3n) is 11.5. The van der Waals surface area contributed by atoms with Crippen molar-refractivity contribution < 1.29 is 5.11 Å². The SMILES string of the molecule is Cc1cc(C2CCCCC2)cc(C2CCCCC2)c1N1CN(c2c(O)ccc3ccccc23)[C@@H](c2ccccc2)[C@@H]1c1ccccc1. The largest absolute Gasteiger partial charge is 0.506 e. The van der Waals surface area contributed by atoms with Crippen LogP contribution in [0.25, 0.3) is 10.8 Å². The van der Waals surface area contributed by atoms with Gasteiger partial charge in [0.2, 0.25) is 0 Å². The fourth-order valence-electron chi connectivity index (χ4n) is 9.30. The lowest BCUT2D eigenvalue weighted by molar-refractivity contribution is 0.435. The molecule has 2 saturated carbocycles. The van der Waals surface area contributed by atoms with Gasteiger partial charge in [0, 0.05) is 11.1 Å². The summed E-state index contributed by atoms with van der Waals surface area (Å²) >= 11 is 0. The van der Waals surface area contributed by atoms with Crippen LogP contribution in [0.2, 0.25) is 0 Å². The first-order chi connectivity index (χ1) is 23.2. The second-order valence-corrected chi connectivity index (χ2v) is 14.4. The molecule has 3 fully saturated rings. The molecule has 8 rings (SSSR count). The van der Waals surface area contributed by atoms with Crippen molar-refractivity contribution in [1.29, 1.82) is 0 Å². The van der Waals surface area contributed by atoms with Gasteiger partial charge in [-0.1, -0.05) is 142 Å². The van der Waals surface area contributed by atoms with Crippen molar-refractivity contribution in [3.8, 4) is 5.75 Å². The van der Waals surface area contributed by atoms with Crippen LogP contribution in [0.4, 0.5) is 11.4 Å². The maximum atomic E-state index is 11.7. The number of aryl methyl sites for hydroxylation is 1. The van der Waals surface area contributed by atoms with Gasteiger partial charge in [-0.05, 0) is 83.7 Å². The Morgan fingerprint density at radius 1 is 0.532 bits per heavy atom. The lowest BCUT2D eigenvalue weighted by atomic mass is 9.78. The van der Waals surface area contributed by atoms with Crippen LogP contribution >= 0.6 is 0 Å². The molecule has 1 N–H and O–H groups in total. The Hall–Kier alpha value is -4.24. The fourth-order valence-corrected chi connectivity index (χ4v) is 9.30. The second-order valence-electron chi connectivity index (χ2n) is 14.4. The first-order valence-corrected chi connectivity index (χ1v) is 18.2. The highest BCUT2D eigenvalue weighted by atomic mass is 16.3. The van der Waals surface area contributed by atoms with Gasteiger partial charge in [0.05, 0.1) is 24.4 Å². The lowest BCUT2D eigenvalue weighted by Crippen LogP contribution is -2.29. The highest BCUT2D eigenvalue weighted by molar-refractivity contribution is 5.98. The molecule has 0 amide bonds. The molecule has 47 heavy (non-hydrogen) atoms. The van der Waals surface area contributed by atoms with Crippen LogP contribution < -0.4 is 9.80 Å². The van der Waals surface area contributed by atoms with E-state index >= 15 is 0 Å². The molecule has 1 aliphatic heterocycles. The average molecular weight is 621 g/mol. The van der Waals surface area contributed by atoms with E-state index in [1.807, 2.05) is 12.1 Å². The number of hydrogen-bond acceptors (Lipinski definition) is 3. The standard InChI is InChI=1S/C44H48N2O/c1-31-28-37(32-16-6-2-7-17-32)29-39(33-18-8-3-9-19-33)41(31)45-30-46(44-38-25-15-14-20-34(38)26-27-40(44)47)43(36-23-12-5-13-24-36)42(45)35-21-10-4-11-22-35/h4-5,10-15,20-29,32-33,42-43,47H,2-3,6-9,16-19,30H2,1H3/t42-,43-/m0/s1. The molecule has 3 heteroatoms. The summed E-state index contributed by atoms with van der Waals surface area (Å²) < 4.78 is 0. The zero-order chi connectivity index (χ0) is 31.7. The van der Waals surface area contributed by atoms with Gasteiger partial charge in [-0.25, -0.2) is 0 Å². The Morgan fingerprint density at radius 3 is 1.72 bits per heavy atom. The lowest BCUT2D eigenvalue weighted by Gasteiger charge is -2.35. The predicted octanol–water partition coefficient (Wildman–Crippen LogP) is 11.7. The summed E-state index contributed by atoms with van der Waals surface area (Å²) in [6.07, 6.45) is 13.3. The summed E-state index contributed by atoms with van der Waals surface area (Å²) in [5.41, 5.74) is 9.49. The molecule has 0 radical (unpaired) electrons. The summed E-state index contributed by atoms with van der Waals surface area (Å²) in [5.74, 6) is 1.62. The van der Waals surface area contributed by atoms with E-state index in [1.165, 1.54) is 86.6 Å². The van der Waals surface area contributed by atoms with Crippen molar-refractivity contribution in [2.75, 3.05) is 16.5 Å². The van der Waals surface area contributed by atoms with Crippen LogP contribution in [0.5, 0.6) is 5.75 Å². The van der Waals surface area contributed by atoms with E-state index in [2.05, 4.69) is 114 Å². The molecule has 1 saturated heterocycles. The van der Waals surface area contributed by atoms with E-state index < -0.39 is 0 Å². The van der Waals surface area contributed by atoms with Gasteiger partial charge < -0.3 is 14.9 Å². The number of nitrogens with zero attached hydrogens (tertiary/aromatic N) is 2. The predicted molar refractivity (Wildman–Crippen MR) is 197 cm³/mol. The molecular formula is C44H48N2O. The minimum Gasteiger partial charge on any atom is -0.506 e. The van der Waals surface area contributed by atoms with Gasteiger partial charge in [-0.15, -0.1) is 0 Å². The number of rotatable bonds is 6. The summed E-state index contributed by atoms with van der Waals surface area (Å²) in [6.45, 7) is 3.08. The quantitative estimate of drug-likeness (QED) is 0.205. The van der Waals surface area contributed by atoms with Crippen LogP contribution in [0.15, 0.2) is 109 Å². The maximum absolute atomic E-state index is 11.7. The number of anilines is 2. The van der Waals surface area contributed by atoms with E-state index in [9.17, 15) is 5.11 Å². The molecule has 3 aliphatic rings. The topological polar surface area (TPSA) is 26.7 Å². The number of hydrogen-bond donors (Lipinski definition) is 1. The third-order valence-corrected chi connectivity index (χ3v) is 11.5. The summed E-state index contributed by atoms with van der Waals surface area (Å²) in [6, 6.07) is 39.9. The number of benzene rings is 5. The van der Waals surface area contributed by atoms with Gasteiger partial charge in [-0.2, -0.15) is 0 Å². The highest BCUT2D eigenvalue weighted by Gasteiger charge is 2.45. The maximum Gasteiger partial charge on any atom is 0.139 e. The zero-order valence-corrected chi connectivity index (χ0v) is 27.8. The van der Waals surface area contributed by atoms with Gasteiger partial charge >= 0.3 is 0 Å². The van der Waals surface area contributed by atoms with E-state index in [4.69, 9.17) is 0 Å². The molecule has 2 aliphatic carbocycles. The molecule has 0 spiro atoms. The Morgan fingerprint density at radius 2 is 1.09 bits per heavy atom. The van der Waals surface area contributed by atoms with Gasteiger partial charge in [-0.3, -0.25) is 0 Å². The normalized spacial score (nSPS) is 21.0. The van der Waals surface area contributed by atoms with Gasteiger partial charge in [0.1, 0.15) is 5.75 Å². The summed E-state index contributed by atoms with van der Waals surface area (Å²) in [4.78, 5) is 5.22. The van der Waals surface area contributed by atoms with Crippen molar-refractivity contribution in [1.82, 2.24) is 0 Å². The van der Waals surface area contributed by atoms with Crippen LogP contribution in [0.3, 0.4) is 0 Å². The summed E-state index contributed by atoms with van der Waals surface area (Å²) in [5, 5.41) is 13.9. The van der Waals surface area contributed by atoms with E-state index in [0.717, 1.165) is 16.5 Å². The van der Waals surface area contributed by atoms with Crippen molar-refractivity contribution in [2.45, 2.75) is 95.1 Å². The van der Waals surface area contributed by atoms with Crippen molar-refractivity contribution in [3.05, 3.63) is 137 Å². The van der Waals surface area contributed by atoms with Gasteiger partial charge in [0.15, 0.2) is 0 Å². The Labute approximate surface area is 280 Å². The molecule has 5 aromatic rings. The molecule has 2 atom stereocenters. The third kappa shape index (κ3) is 5.69. The average Bonchev–Trinajstić information content (AvgIpc) is 3.52. The Kier molecular flexibility index (Phi) is 8.40. The Balaban J connectivity index is 1.36. The van der Waals surface area contributed by atoms with Crippen LogP contribution in [-0.4, -0.2) is 11.8 Å². The van der Waals surface area contributed by atoms with Crippen molar-refractivity contribution in [3.63, 3.8) is 0 Å². The first-order valence-electron chi connectivity index (χ1n) is 18.2. The summed E-state index contributed by atoms with van der Waals surface area (Å²) in [7, 11) is 0. The Bertz CT molecular complexity index is 1820. The molecule has 0 bridgehead atoms. The van der Waals surface area contributed by atoms with Crippen LogP contribution in [0.1, 0.15) is 116 Å². The molecule has 3 nitrogen and oxygen atoms in total. The fraction of sp³-hybridized carbons (Fsp3) is 0.364. The van der Waals surface area contributed by atoms with Crippen molar-refractivity contribution >= 4 is 22.1 Å². The molecule has 0 unspecified atom stereocenters. The van der Waals surface area contributed by atoms with Gasteiger partial charge in [0.25, 0.3) is 0 Å². The van der Waals surface area contributed by atoms with Crippen molar-refractivity contribution in [2.24, 2.45) is 0 Å². The molecule has 1 heterocycles. The van der Waals surface area contributed by atoms with E-state index in [0.29, 0.717) is 24.3 Å².